The first-order chi connectivity index (χ1) is 10.3. The highest BCUT2D eigenvalue weighted by atomic mass is 14.1. The Bertz CT molecular complexity index is 802. The lowest BCUT2D eigenvalue weighted by Gasteiger charge is -2.05. The van der Waals surface area contributed by atoms with E-state index in [2.05, 4.69) is 61.2 Å². The van der Waals surface area contributed by atoms with Gasteiger partial charge < -0.3 is 0 Å². The van der Waals surface area contributed by atoms with Crippen LogP contribution in [0, 0.1) is 18.8 Å². The highest BCUT2D eigenvalue weighted by Gasteiger charge is 2.02. The number of aryl methyl sites for hydroxylation is 1. The molecule has 0 radical (unpaired) electrons. The molecule has 0 saturated heterocycles. The van der Waals surface area contributed by atoms with Crippen molar-refractivity contribution >= 4 is 0 Å². The minimum Gasteiger partial charge on any atom is -0.0622 e. The van der Waals surface area contributed by atoms with E-state index in [1.54, 1.807) is 0 Å². The van der Waals surface area contributed by atoms with Crippen molar-refractivity contribution in [1.29, 1.82) is 0 Å². The second kappa shape index (κ2) is 6.11. The second-order valence-corrected chi connectivity index (χ2v) is 5.03. The van der Waals surface area contributed by atoms with Crippen molar-refractivity contribution in [3.63, 3.8) is 0 Å². The lowest BCUT2D eigenvalue weighted by Crippen LogP contribution is -1.85. The fraction of sp³-hybridized carbons (Fsp3) is 0.0476. The Labute approximate surface area is 126 Å². The van der Waals surface area contributed by atoms with E-state index in [-0.39, 0.29) is 0 Å². The quantitative estimate of drug-likeness (QED) is 0.541. The molecule has 0 aromatic heterocycles. The molecule has 0 aliphatic heterocycles. The number of hydrogen-bond acceptors (Lipinski definition) is 0. The molecule has 0 amide bonds. The number of benzene rings is 3. The molecule has 0 fully saturated rings. The van der Waals surface area contributed by atoms with Crippen molar-refractivity contribution in [2.45, 2.75) is 6.92 Å². The maximum Gasteiger partial charge on any atom is 0.0327 e. The van der Waals surface area contributed by atoms with E-state index >= 15 is 0 Å². The van der Waals surface area contributed by atoms with Gasteiger partial charge in [-0.2, -0.15) is 0 Å². The Morgan fingerprint density at radius 3 is 2.24 bits per heavy atom. The van der Waals surface area contributed by atoms with Crippen LogP contribution in [0.25, 0.3) is 11.1 Å². The molecule has 0 spiro atoms. The normalized spacial score (nSPS) is 9.76. The van der Waals surface area contributed by atoms with Gasteiger partial charge in [-0.05, 0) is 36.2 Å². The fourth-order valence-electron chi connectivity index (χ4n) is 2.32. The zero-order valence-electron chi connectivity index (χ0n) is 12.0. The van der Waals surface area contributed by atoms with Gasteiger partial charge in [0.2, 0.25) is 0 Å². The first-order valence-corrected chi connectivity index (χ1v) is 7.06. The third-order valence-corrected chi connectivity index (χ3v) is 3.37. The average Bonchev–Trinajstić information content (AvgIpc) is 2.54. The van der Waals surface area contributed by atoms with Crippen LogP contribution in [0.2, 0.25) is 0 Å². The molecular formula is C21H16. The third kappa shape index (κ3) is 3.22. The van der Waals surface area contributed by atoms with Crippen LogP contribution in [0.3, 0.4) is 0 Å². The van der Waals surface area contributed by atoms with E-state index < -0.39 is 0 Å². The summed E-state index contributed by atoms with van der Waals surface area (Å²) in [5, 5.41) is 0. The summed E-state index contributed by atoms with van der Waals surface area (Å²) in [5.74, 6) is 6.53. The van der Waals surface area contributed by atoms with Crippen molar-refractivity contribution in [3.05, 3.63) is 95.6 Å². The summed E-state index contributed by atoms with van der Waals surface area (Å²) >= 11 is 0. The van der Waals surface area contributed by atoms with Gasteiger partial charge in [0.15, 0.2) is 0 Å². The standard InChI is InChI=1S/C21H16/c1-17-8-7-12-20(16-17)21-13-6-5-11-19(21)15-14-18-9-3-2-4-10-18/h2-13,16H,1H3. The summed E-state index contributed by atoms with van der Waals surface area (Å²) in [4.78, 5) is 0. The minimum absolute atomic E-state index is 1.04. The smallest absolute Gasteiger partial charge is 0.0327 e. The third-order valence-electron chi connectivity index (χ3n) is 3.37. The molecule has 0 N–H and O–H groups in total. The van der Waals surface area contributed by atoms with Crippen LogP contribution >= 0.6 is 0 Å². The van der Waals surface area contributed by atoms with Crippen LogP contribution in [-0.2, 0) is 0 Å². The van der Waals surface area contributed by atoms with Crippen molar-refractivity contribution in [2.75, 3.05) is 0 Å². The highest BCUT2D eigenvalue weighted by Crippen LogP contribution is 2.23. The molecule has 3 aromatic rings. The lowest BCUT2D eigenvalue weighted by molar-refractivity contribution is 1.46. The first-order valence-electron chi connectivity index (χ1n) is 7.06. The van der Waals surface area contributed by atoms with E-state index in [0.717, 1.165) is 11.1 Å². The molecular weight excluding hydrogens is 252 g/mol. The van der Waals surface area contributed by atoms with Gasteiger partial charge in [-0.1, -0.05) is 78.1 Å². The Hall–Kier alpha value is -2.78. The van der Waals surface area contributed by atoms with Crippen LogP contribution in [0.4, 0.5) is 0 Å². The average molecular weight is 268 g/mol. The summed E-state index contributed by atoms with van der Waals surface area (Å²) in [5.41, 5.74) is 5.76. The SMILES string of the molecule is Cc1cccc(-c2ccccc2C#Cc2ccccc2)c1. The Balaban J connectivity index is 2.03. The largest absolute Gasteiger partial charge is 0.0622 e. The number of rotatable bonds is 1. The van der Waals surface area contributed by atoms with Crippen LogP contribution < -0.4 is 0 Å². The summed E-state index contributed by atoms with van der Waals surface area (Å²) in [6.45, 7) is 2.11. The van der Waals surface area contributed by atoms with Gasteiger partial charge in [-0.25, -0.2) is 0 Å². The summed E-state index contributed by atoms with van der Waals surface area (Å²) in [6.07, 6.45) is 0. The molecule has 0 aliphatic rings. The Morgan fingerprint density at radius 2 is 1.43 bits per heavy atom. The lowest BCUT2D eigenvalue weighted by atomic mass is 9.98. The van der Waals surface area contributed by atoms with Gasteiger partial charge in [0.25, 0.3) is 0 Å². The predicted octanol–water partition coefficient (Wildman–Crippen LogP) is 5.06. The van der Waals surface area contributed by atoms with Crippen molar-refractivity contribution < 1.29 is 0 Å². The van der Waals surface area contributed by atoms with E-state index in [4.69, 9.17) is 0 Å². The topological polar surface area (TPSA) is 0 Å². The molecule has 0 aliphatic carbocycles. The minimum atomic E-state index is 1.04. The van der Waals surface area contributed by atoms with Crippen LogP contribution in [0.5, 0.6) is 0 Å². The molecule has 100 valence electrons. The summed E-state index contributed by atoms with van der Waals surface area (Å²) < 4.78 is 0. The molecule has 0 nitrogen and oxygen atoms in total. The number of hydrogen-bond donors (Lipinski definition) is 0. The highest BCUT2D eigenvalue weighted by molar-refractivity contribution is 5.71. The van der Waals surface area contributed by atoms with Gasteiger partial charge in [-0.15, -0.1) is 0 Å². The Kier molecular flexibility index (Phi) is 3.85. The van der Waals surface area contributed by atoms with E-state index in [1.807, 2.05) is 36.4 Å². The molecule has 3 rings (SSSR count). The maximum atomic E-state index is 3.30. The van der Waals surface area contributed by atoms with Crippen molar-refractivity contribution in [3.8, 4) is 23.0 Å². The molecule has 0 heterocycles. The van der Waals surface area contributed by atoms with Crippen LogP contribution in [-0.4, -0.2) is 0 Å². The van der Waals surface area contributed by atoms with E-state index in [0.29, 0.717) is 0 Å². The molecule has 0 bridgehead atoms. The molecule has 0 unspecified atom stereocenters. The zero-order chi connectivity index (χ0) is 14.5. The van der Waals surface area contributed by atoms with Crippen LogP contribution in [0.15, 0.2) is 78.9 Å². The first kappa shape index (κ1) is 13.2. The van der Waals surface area contributed by atoms with E-state index in [9.17, 15) is 0 Å². The molecule has 21 heavy (non-hydrogen) atoms. The van der Waals surface area contributed by atoms with Gasteiger partial charge in [-0.3, -0.25) is 0 Å². The van der Waals surface area contributed by atoms with Gasteiger partial charge in [0, 0.05) is 11.1 Å². The van der Waals surface area contributed by atoms with Crippen LogP contribution in [0.1, 0.15) is 16.7 Å². The summed E-state index contributed by atoms with van der Waals surface area (Å²) in [7, 11) is 0. The molecule has 0 heteroatoms. The van der Waals surface area contributed by atoms with Crippen molar-refractivity contribution in [2.24, 2.45) is 0 Å². The molecule has 0 atom stereocenters. The maximum absolute atomic E-state index is 3.30. The fourth-order valence-corrected chi connectivity index (χ4v) is 2.32. The van der Waals surface area contributed by atoms with Gasteiger partial charge >= 0.3 is 0 Å². The molecule has 3 aromatic carbocycles. The van der Waals surface area contributed by atoms with Gasteiger partial charge in [0.05, 0.1) is 0 Å². The summed E-state index contributed by atoms with van der Waals surface area (Å²) in [6, 6.07) is 26.9. The predicted molar refractivity (Wildman–Crippen MR) is 89.0 cm³/mol. The van der Waals surface area contributed by atoms with Gasteiger partial charge in [0.1, 0.15) is 0 Å². The zero-order valence-corrected chi connectivity index (χ0v) is 12.0. The molecule has 0 saturated carbocycles. The van der Waals surface area contributed by atoms with E-state index in [1.165, 1.54) is 16.7 Å². The van der Waals surface area contributed by atoms with Crippen molar-refractivity contribution in [1.82, 2.24) is 0 Å². The Morgan fingerprint density at radius 1 is 0.667 bits per heavy atom. The monoisotopic (exact) mass is 268 g/mol. The second-order valence-electron chi connectivity index (χ2n) is 5.03.